The molecule has 124 valence electrons. The van der Waals surface area contributed by atoms with E-state index in [-0.39, 0.29) is 11.5 Å². The van der Waals surface area contributed by atoms with E-state index in [1.54, 1.807) is 30.3 Å². The molecule has 0 aliphatic carbocycles. The van der Waals surface area contributed by atoms with Gasteiger partial charge in [-0.15, -0.1) is 0 Å². The third-order valence-electron chi connectivity index (χ3n) is 2.84. The molecule has 0 aliphatic rings. The van der Waals surface area contributed by atoms with Gasteiger partial charge in [0.2, 0.25) is 0 Å². The summed E-state index contributed by atoms with van der Waals surface area (Å²) < 4.78 is 4.92. The van der Waals surface area contributed by atoms with E-state index >= 15 is 0 Å². The van der Waals surface area contributed by atoms with Gasteiger partial charge in [-0.05, 0) is 19.1 Å². The van der Waals surface area contributed by atoms with Gasteiger partial charge in [0.15, 0.2) is 17.6 Å². The Morgan fingerprint density at radius 3 is 2.46 bits per heavy atom. The molecule has 24 heavy (non-hydrogen) atoms. The maximum atomic E-state index is 11.9. The molecule has 0 saturated carbocycles. The van der Waals surface area contributed by atoms with Crippen molar-refractivity contribution >= 4 is 29.4 Å². The number of benzene rings is 1. The molecule has 2 rings (SSSR count). The molecular formula is C15H15N5O4. The van der Waals surface area contributed by atoms with E-state index < -0.39 is 24.0 Å². The molecule has 0 aliphatic heterocycles. The van der Waals surface area contributed by atoms with Crippen molar-refractivity contribution in [3.8, 4) is 0 Å². The largest absolute Gasteiger partial charge is 0.448 e. The molecule has 1 heterocycles. The highest BCUT2D eigenvalue weighted by Crippen LogP contribution is 2.07. The van der Waals surface area contributed by atoms with Gasteiger partial charge in [-0.3, -0.25) is 10.1 Å². The molecule has 0 radical (unpaired) electrons. The minimum absolute atomic E-state index is 0.114. The third kappa shape index (κ3) is 4.50. The lowest BCUT2D eigenvalue weighted by Gasteiger charge is -2.13. The van der Waals surface area contributed by atoms with Gasteiger partial charge in [0, 0.05) is 18.1 Å². The molecule has 0 saturated heterocycles. The summed E-state index contributed by atoms with van der Waals surface area (Å²) in [6.45, 7) is 1.32. The lowest BCUT2D eigenvalue weighted by Crippen LogP contribution is -2.41. The lowest BCUT2D eigenvalue weighted by molar-refractivity contribution is -0.127. The van der Waals surface area contributed by atoms with Crippen LogP contribution in [0.25, 0.3) is 0 Å². The molecule has 0 unspecified atom stereocenters. The van der Waals surface area contributed by atoms with Crippen LogP contribution in [-0.4, -0.2) is 34.0 Å². The smallest absolute Gasteiger partial charge is 0.361 e. The van der Waals surface area contributed by atoms with Crippen molar-refractivity contribution in [1.82, 2.24) is 15.3 Å². The SMILES string of the molecule is C[C@H](OC(=O)c1nccnc1N)C(=O)NC(=O)Nc1ccccc1. The van der Waals surface area contributed by atoms with Crippen LogP contribution in [0.4, 0.5) is 16.3 Å². The van der Waals surface area contributed by atoms with Crippen LogP contribution in [0.15, 0.2) is 42.7 Å². The number of nitrogens with one attached hydrogen (secondary N) is 2. The predicted octanol–water partition coefficient (Wildman–Crippen LogP) is 0.952. The summed E-state index contributed by atoms with van der Waals surface area (Å²) in [4.78, 5) is 42.9. The van der Waals surface area contributed by atoms with Gasteiger partial charge in [-0.1, -0.05) is 18.2 Å². The average molecular weight is 329 g/mol. The Balaban J connectivity index is 1.89. The van der Waals surface area contributed by atoms with E-state index in [0.717, 1.165) is 0 Å². The number of nitrogens with zero attached hydrogens (tertiary/aromatic N) is 2. The lowest BCUT2D eigenvalue weighted by atomic mass is 10.3. The highest BCUT2D eigenvalue weighted by molar-refractivity contribution is 6.03. The Hall–Kier alpha value is -3.49. The van der Waals surface area contributed by atoms with E-state index in [1.807, 2.05) is 0 Å². The molecular weight excluding hydrogens is 314 g/mol. The minimum atomic E-state index is -1.22. The zero-order chi connectivity index (χ0) is 17.5. The number of anilines is 2. The number of imide groups is 1. The molecule has 2 aromatic rings. The molecule has 1 atom stereocenters. The van der Waals surface area contributed by atoms with Crippen molar-refractivity contribution in [3.05, 3.63) is 48.4 Å². The summed E-state index contributed by atoms with van der Waals surface area (Å²) in [7, 11) is 0. The number of hydrogen-bond acceptors (Lipinski definition) is 7. The number of amides is 3. The summed E-state index contributed by atoms with van der Waals surface area (Å²) >= 11 is 0. The van der Waals surface area contributed by atoms with E-state index in [2.05, 4.69) is 20.6 Å². The number of para-hydroxylation sites is 1. The van der Waals surface area contributed by atoms with Crippen molar-refractivity contribution in [2.45, 2.75) is 13.0 Å². The van der Waals surface area contributed by atoms with Gasteiger partial charge in [-0.25, -0.2) is 19.6 Å². The first-order valence-electron chi connectivity index (χ1n) is 6.91. The van der Waals surface area contributed by atoms with Gasteiger partial charge in [0.1, 0.15) is 0 Å². The van der Waals surface area contributed by atoms with E-state index in [0.29, 0.717) is 5.69 Å². The molecule has 4 N–H and O–H groups in total. The quantitative estimate of drug-likeness (QED) is 0.710. The van der Waals surface area contributed by atoms with Crippen molar-refractivity contribution < 1.29 is 19.1 Å². The first kappa shape index (κ1) is 16.9. The van der Waals surface area contributed by atoms with Gasteiger partial charge in [0.25, 0.3) is 5.91 Å². The second-order valence-electron chi connectivity index (χ2n) is 4.65. The summed E-state index contributed by atoms with van der Waals surface area (Å²) in [5, 5.41) is 4.53. The van der Waals surface area contributed by atoms with Crippen LogP contribution in [0.3, 0.4) is 0 Å². The average Bonchev–Trinajstić information content (AvgIpc) is 2.55. The molecule has 0 spiro atoms. The number of esters is 1. The Morgan fingerprint density at radius 1 is 1.12 bits per heavy atom. The second-order valence-corrected chi connectivity index (χ2v) is 4.65. The maximum absolute atomic E-state index is 11.9. The number of ether oxygens (including phenoxy) is 1. The van der Waals surface area contributed by atoms with Gasteiger partial charge >= 0.3 is 12.0 Å². The fourth-order valence-electron chi connectivity index (χ4n) is 1.67. The van der Waals surface area contributed by atoms with Crippen molar-refractivity contribution in [2.24, 2.45) is 0 Å². The molecule has 0 bridgehead atoms. The Kier molecular flexibility index (Phi) is 5.40. The van der Waals surface area contributed by atoms with Crippen molar-refractivity contribution in [2.75, 3.05) is 11.1 Å². The monoisotopic (exact) mass is 329 g/mol. The van der Waals surface area contributed by atoms with Crippen LogP contribution in [-0.2, 0) is 9.53 Å². The molecule has 9 heteroatoms. The van der Waals surface area contributed by atoms with E-state index in [4.69, 9.17) is 10.5 Å². The number of hydrogen-bond donors (Lipinski definition) is 3. The fourth-order valence-corrected chi connectivity index (χ4v) is 1.67. The zero-order valence-electron chi connectivity index (χ0n) is 12.7. The molecule has 1 aromatic carbocycles. The van der Waals surface area contributed by atoms with Crippen LogP contribution in [0.5, 0.6) is 0 Å². The Labute approximate surface area is 137 Å². The molecule has 1 aromatic heterocycles. The topological polar surface area (TPSA) is 136 Å². The van der Waals surface area contributed by atoms with Crippen LogP contribution in [0, 0.1) is 0 Å². The second kappa shape index (κ2) is 7.68. The highest BCUT2D eigenvalue weighted by atomic mass is 16.5. The first-order valence-corrected chi connectivity index (χ1v) is 6.91. The summed E-state index contributed by atoms with van der Waals surface area (Å²) in [5.74, 6) is -1.82. The van der Waals surface area contributed by atoms with Crippen LogP contribution in [0.1, 0.15) is 17.4 Å². The maximum Gasteiger partial charge on any atom is 0.361 e. The van der Waals surface area contributed by atoms with E-state index in [9.17, 15) is 14.4 Å². The zero-order valence-corrected chi connectivity index (χ0v) is 12.7. The molecule has 3 amide bonds. The van der Waals surface area contributed by atoms with Crippen LogP contribution in [0.2, 0.25) is 0 Å². The van der Waals surface area contributed by atoms with Crippen LogP contribution >= 0.6 is 0 Å². The number of rotatable bonds is 4. The van der Waals surface area contributed by atoms with Crippen molar-refractivity contribution in [1.29, 1.82) is 0 Å². The number of nitrogens with two attached hydrogens (primary N) is 1. The first-order chi connectivity index (χ1) is 11.5. The Morgan fingerprint density at radius 2 is 1.79 bits per heavy atom. The van der Waals surface area contributed by atoms with Gasteiger partial charge in [0.05, 0.1) is 0 Å². The third-order valence-corrected chi connectivity index (χ3v) is 2.84. The summed E-state index contributed by atoms with van der Waals surface area (Å²) in [5.41, 5.74) is 5.81. The normalized spacial score (nSPS) is 11.2. The number of urea groups is 1. The summed E-state index contributed by atoms with van der Waals surface area (Å²) in [6.07, 6.45) is 1.36. The Bertz CT molecular complexity index is 751. The molecule has 0 fully saturated rings. The number of aromatic nitrogens is 2. The van der Waals surface area contributed by atoms with Crippen molar-refractivity contribution in [3.63, 3.8) is 0 Å². The van der Waals surface area contributed by atoms with Crippen LogP contribution < -0.4 is 16.4 Å². The molecule has 9 nitrogen and oxygen atoms in total. The number of nitrogen functional groups attached to an aromatic ring is 1. The van der Waals surface area contributed by atoms with Gasteiger partial charge in [-0.2, -0.15) is 0 Å². The summed E-state index contributed by atoms with van der Waals surface area (Å²) in [6, 6.07) is 7.82. The minimum Gasteiger partial charge on any atom is -0.448 e. The fraction of sp³-hybridized carbons (Fsp3) is 0.133. The van der Waals surface area contributed by atoms with E-state index in [1.165, 1.54) is 19.3 Å². The predicted molar refractivity (Wildman–Crippen MR) is 84.9 cm³/mol. The number of carbonyl (C=O) groups excluding carboxylic acids is 3. The number of carbonyl (C=O) groups is 3. The highest BCUT2D eigenvalue weighted by Gasteiger charge is 2.23. The standard InChI is InChI=1S/C15H15N5O4/c1-9(24-14(22)11-12(16)18-8-7-17-11)13(21)20-15(23)19-10-5-3-2-4-6-10/h2-9H,1H3,(H2,16,18)(H2,19,20,21,23)/t9-/m0/s1. The van der Waals surface area contributed by atoms with Gasteiger partial charge < -0.3 is 15.8 Å².